The number of carbonyl (C=O) groups is 2. The molecule has 4 nitrogen and oxygen atoms in total. The first kappa shape index (κ1) is 18.4. The van der Waals surface area contributed by atoms with Gasteiger partial charge in [0, 0.05) is 18.0 Å². The minimum absolute atomic E-state index is 0.340. The molecule has 2 N–H and O–H groups in total. The second-order valence-electron chi connectivity index (χ2n) is 6.69. The number of ketones is 1. The summed E-state index contributed by atoms with van der Waals surface area (Å²) in [5.41, 5.74) is 0.572. The summed E-state index contributed by atoms with van der Waals surface area (Å²) in [6, 6.07) is 9.59. The molecule has 22 heavy (non-hydrogen) atoms. The first-order valence-electron chi connectivity index (χ1n) is 7.82. The highest BCUT2D eigenvalue weighted by molar-refractivity contribution is 6.37. The molecule has 0 heterocycles. The summed E-state index contributed by atoms with van der Waals surface area (Å²) >= 11 is 0. The van der Waals surface area contributed by atoms with Gasteiger partial charge in [-0.2, -0.15) is 0 Å². The zero-order chi connectivity index (χ0) is 16.8. The van der Waals surface area contributed by atoms with E-state index in [1.807, 2.05) is 51.2 Å². The SMILES string of the molecule is CNC(C)(C)C(CC(C)C)C(=O)C(=O)NCc1ccccc1. The summed E-state index contributed by atoms with van der Waals surface area (Å²) in [4.78, 5) is 24.8. The molecule has 0 aromatic heterocycles. The molecule has 0 spiro atoms. The van der Waals surface area contributed by atoms with Crippen LogP contribution in [0.3, 0.4) is 0 Å². The number of hydrogen-bond acceptors (Lipinski definition) is 3. The van der Waals surface area contributed by atoms with Gasteiger partial charge in [-0.1, -0.05) is 44.2 Å². The lowest BCUT2D eigenvalue weighted by molar-refractivity contribution is -0.142. The Morgan fingerprint density at radius 2 is 1.73 bits per heavy atom. The maximum absolute atomic E-state index is 12.6. The average Bonchev–Trinajstić information content (AvgIpc) is 2.50. The Hall–Kier alpha value is -1.68. The van der Waals surface area contributed by atoms with Crippen molar-refractivity contribution in [2.45, 2.75) is 46.2 Å². The van der Waals surface area contributed by atoms with Crippen LogP contribution in [0.5, 0.6) is 0 Å². The number of hydrogen-bond donors (Lipinski definition) is 2. The maximum Gasteiger partial charge on any atom is 0.288 e. The van der Waals surface area contributed by atoms with Gasteiger partial charge < -0.3 is 10.6 Å². The predicted octanol–water partition coefficient (Wildman–Crippen LogP) is 2.53. The Balaban J connectivity index is 2.74. The molecule has 0 aliphatic carbocycles. The third-order valence-electron chi connectivity index (χ3n) is 4.06. The van der Waals surface area contributed by atoms with Crippen molar-refractivity contribution in [3.8, 4) is 0 Å². The predicted molar refractivity (Wildman–Crippen MR) is 89.4 cm³/mol. The van der Waals surface area contributed by atoms with Crippen LogP contribution in [0.15, 0.2) is 30.3 Å². The van der Waals surface area contributed by atoms with Crippen molar-refractivity contribution >= 4 is 11.7 Å². The van der Waals surface area contributed by atoms with Gasteiger partial charge in [0.15, 0.2) is 0 Å². The van der Waals surface area contributed by atoms with Crippen LogP contribution in [0.25, 0.3) is 0 Å². The molecule has 1 aromatic rings. The Labute approximate surface area is 133 Å². The van der Waals surface area contributed by atoms with Crippen LogP contribution in [-0.4, -0.2) is 24.3 Å². The highest BCUT2D eigenvalue weighted by atomic mass is 16.2. The smallest absolute Gasteiger partial charge is 0.288 e. The molecule has 0 bridgehead atoms. The molecule has 0 aliphatic rings. The molecule has 1 unspecified atom stereocenters. The van der Waals surface area contributed by atoms with Crippen LogP contribution in [0.4, 0.5) is 0 Å². The summed E-state index contributed by atoms with van der Waals surface area (Å²) in [5.74, 6) is -0.835. The standard InChI is InChI=1S/C18H28N2O2/c1-13(2)11-15(18(3,4)19-5)16(21)17(22)20-12-14-9-7-6-8-10-14/h6-10,13,15,19H,11-12H2,1-5H3,(H,20,22). The van der Waals surface area contributed by atoms with Gasteiger partial charge >= 0.3 is 0 Å². The molecule has 0 aliphatic heterocycles. The number of amides is 1. The van der Waals surface area contributed by atoms with E-state index in [1.165, 1.54) is 0 Å². The molecule has 0 radical (unpaired) electrons. The van der Waals surface area contributed by atoms with Gasteiger partial charge in [-0.25, -0.2) is 0 Å². The average molecular weight is 304 g/mol. The van der Waals surface area contributed by atoms with Gasteiger partial charge in [-0.05, 0) is 38.8 Å². The number of carbonyl (C=O) groups excluding carboxylic acids is 2. The van der Waals surface area contributed by atoms with Crippen molar-refractivity contribution in [1.82, 2.24) is 10.6 Å². The van der Waals surface area contributed by atoms with Crippen molar-refractivity contribution in [2.24, 2.45) is 11.8 Å². The first-order chi connectivity index (χ1) is 10.3. The fourth-order valence-corrected chi connectivity index (χ4v) is 2.40. The van der Waals surface area contributed by atoms with E-state index < -0.39 is 11.4 Å². The second kappa shape index (κ2) is 8.08. The summed E-state index contributed by atoms with van der Waals surface area (Å²) in [6.07, 6.45) is 0.686. The largest absolute Gasteiger partial charge is 0.345 e. The van der Waals surface area contributed by atoms with E-state index in [1.54, 1.807) is 0 Å². The van der Waals surface area contributed by atoms with E-state index in [4.69, 9.17) is 0 Å². The van der Waals surface area contributed by atoms with Crippen LogP contribution in [0.2, 0.25) is 0 Å². The van der Waals surface area contributed by atoms with Crippen LogP contribution in [0.1, 0.15) is 39.7 Å². The van der Waals surface area contributed by atoms with E-state index in [0.717, 1.165) is 5.56 Å². The minimum atomic E-state index is -0.502. The maximum atomic E-state index is 12.6. The van der Waals surface area contributed by atoms with Crippen molar-refractivity contribution in [1.29, 1.82) is 0 Å². The van der Waals surface area contributed by atoms with Crippen LogP contribution in [-0.2, 0) is 16.1 Å². The monoisotopic (exact) mass is 304 g/mol. The van der Waals surface area contributed by atoms with E-state index >= 15 is 0 Å². The van der Waals surface area contributed by atoms with Crippen molar-refractivity contribution < 1.29 is 9.59 Å². The third-order valence-corrected chi connectivity index (χ3v) is 4.06. The lowest BCUT2D eigenvalue weighted by Crippen LogP contribution is -2.51. The molecular weight excluding hydrogens is 276 g/mol. The van der Waals surface area contributed by atoms with E-state index in [0.29, 0.717) is 18.9 Å². The quantitative estimate of drug-likeness (QED) is 0.726. The second-order valence-corrected chi connectivity index (χ2v) is 6.69. The Morgan fingerprint density at radius 1 is 1.14 bits per heavy atom. The van der Waals surface area contributed by atoms with E-state index in [-0.39, 0.29) is 11.7 Å². The molecule has 1 rings (SSSR count). The molecule has 1 amide bonds. The molecule has 0 saturated heterocycles. The molecule has 122 valence electrons. The Bertz CT molecular complexity index is 495. The van der Waals surface area contributed by atoms with Gasteiger partial charge in [0.2, 0.25) is 5.78 Å². The summed E-state index contributed by atoms with van der Waals surface area (Å²) in [5, 5.41) is 5.89. The number of nitrogens with one attached hydrogen (secondary N) is 2. The van der Waals surface area contributed by atoms with Gasteiger partial charge in [0.1, 0.15) is 0 Å². The van der Waals surface area contributed by atoms with Gasteiger partial charge in [-0.15, -0.1) is 0 Å². The van der Waals surface area contributed by atoms with Crippen LogP contribution >= 0.6 is 0 Å². The highest BCUT2D eigenvalue weighted by Gasteiger charge is 2.37. The van der Waals surface area contributed by atoms with Gasteiger partial charge in [0.05, 0.1) is 0 Å². The Morgan fingerprint density at radius 3 is 2.23 bits per heavy atom. The zero-order valence-corrected chi connectivity index (χ0v) is 14.3. The van der Waals surface area contributed by atoms with Crippen molar-refractivity contribution in [3.63, 3.8) is 0 Å². The number of benzene rings is 1. The van der Waals surface area contributed by atoms with Crippen LogP contribution < -0.4 is 10.6 Å². The summed E-state index contributed by atoms with van der Waals surface area (Å²) < 4.78 is 0. The van der Waals surface area contributed by atoms with Gasteiger partial charge in [0.25, 0.3) is 5.91 Å². The van der Waals surface area contributed by atoms with Gasteiger partial charge in [-0.3, -0.25) is 9.59 Å². The fraction of sp³-hybridized carbons (Fsp3) is 0.556. The normalized spacial score (nSPS) is 13.0. The lowest BCUT2D eigenvalue weighted by atomic mass is 9.78. The lowest BCUT2D eigenvalue weighted by Gasteiger charge is -2.33. The number of rotatable bonds is 8. The first-order valence-corrected chi connectivity index (χ1v) is 7.82. The third kappa shape index (κ3) is 5.26. The zero-order valence-electron chi connectivity index (χ0n) is 14.3. The van der Waals surface area contributed by atoms with E-state index in [9.17, 15) is 9.59 Å². The van der Waals surface area contributed by atoms with E-state index in [2.05, 4.69) is 24.5 Å². The molecule has 4 heteroatoms. The summed E-state index contributed by atoms with van der Waals surface area (Å²) in [7, 11) is 1.82. The van der Waals surface area contributed by atoms with Crippen molar-refractivity contribution in [2.75, 3.05) is 7.05 Å². The molecule has 0 fully saturated rings. The van der Waals surface area contributed by atoms with Crippen molar-refractivity contribution in [3.05, 3.63) is 35.9 Å². The Kier molecular flexibility index (Phi) is 6.75. The molecule has 1 aromatic carbocycles. The molecule has 0 saturated carbocycles. The highest BCUT2D eigenvalue weighted by Crippen LogP contribution is 2.25. The summed E-state index contributed by atoms with van der Waals surface area (Å²) in [6.45, 7) is 8.42. The molecule has 1 atom stereocenters. The topological polar surface area (TPSA) is 58.2 Å². The fourth-order valence-electron chi connectivity index (χ4n) is 2.40. The minimum Gasteiger partial charge on any atom is -0.345 e. The van der Waals surface area contributed by atoms with Crippen LogP contribution in [0, 0.1) is 11.8 Å². The number of Topliss-reactive ketones (excluding diaryl/α,β-unsaturated/α-hetero) is 1. The molecular formula is C18H28N2O2.